The van der Waals surface area contributed by atoms with Crippen molar-refractivity contribution in [3.8, 4) is 5.75 Å². The van der Waals surface area contributed by atoms with Crippen LogP contribution in [-0.2, 0) is 0 Å². The summed E-state index contributed by atoms with van der Waals surface area (Å²) in [5, 5.41) is 0. The maximum absolute atomic E-state index is 5.87. The molecule has 19 heavy (non-hydrogen) atoms. The van der Waals surface area contributed by atoms with Gasteiger partial charge >= 0.3 is 0 Å². The predicted octanol–water partition coefficient (Wildman–Crippen LogP) is 2.94. The quantitative estimate of drug-likeness (QED) is 0.646. The molecular weight excluding hydrogens is 236 g/mol. The molecule has 1 aromatic rings. The van der Waals surface area contributed by atoms with Gasteiger partial charge in [-0.3, -0.25) is 11.3 Å². The van der Waals surface area contributed by atoms with Gasteiger partial charge < -0.3 is 4.74 Å². The third-order valence-electron chi connectivity index (χ3n) is 5.01. The Bertz CT molecular complexity index is 448. The lowest BCUT2D eigenvalue weighted by molar-refractivity contribution is 0.385. The summed E-state index contributed by atoms with van der Waals surface area (Å²) >= 11 is 0. The average Bonchev–Trinajstić information content (AvgIpc) is 3.15. The Balaban J connectivity index is 1.88. The van der Waals surface area contributed by atoms with E-state index >= 15 is 0 Å². The summed E-state index contributed by atoms with van der Waals surface area (Å²) in [6.07, 6.45) is 5.53. The maximum atomic E-state index is 5.87. The number of methoxy groups -OCH3 is 1. The van der Waals surface area contributed by atoms with Crippen LogP contribution < -0.4 is 16.0 Å². The Kier molecular flexibility index (Phi) is 3.50. The van der Waals surface area contributed by atoms with Gasteiger partial charge in [0.05, 0.1) is 13.2 Å². The molecule has 3 nitrogen and oxygen atoms in total. The van der Waals surface area contributed by atoms with Crippen molar-refractivity contribution in [2.75, 3.05) is 7.11 Å². The molecule has 0 saturated heterocycles. The minimum Gasteiger partial charge on any atom is -0.496 e. The van der Waals surface area contributed by atoms with Gasteiger partial charge in [0.25, 0.3) is 0 Å². The summed E-state index contributed by atoms with van der Waals surface area (Å²) in [6.45, 7) is 2.12. The smallest absolute Gasteiger partial charge is 0.123 e. The Hall–Kier alpha value is -1.06. The number of nitrogens with two attached hydrogens (primary N) is 1. The minimum atomic E-state index is 0.239. The Labute approximate surface area is 115 Å². The maximum Gasteiger partial charge on any atom is 0.123 e. The lowest BCUT2D eigenvalue weighted by Gasteiger charge is -2.20. The van der Waals surface area contributed by atoms with E-state index < -0.39 is 0 Å². The monoisotopic (exact) mass is 260 g/mol. The highest BCUT2D eigenvalue weighted by atomic mass is 16.5. The lowest BCUT2D eigenvalue weighted by Crippen LogP contribution is -2.30. The van der Waals surface area contributed by atoms with Crippen LogP contribution in [0.5, 0.6) is 5.75 Å². The van der Waals surface area contributed by atoms with E-state index in [-0.39, 0.29) is 6.04 Å². The van der Waals surface area contributed by atoms with Crippen LogP contribution in [-0.4, -0.2) is 7.11 Å². The van der Waals surface area contributed by atoms with E-state index in [1.54, 1.807) is 7.11 Å². The van der Waals surface area contributed by atoms with Crippen LogP contribution in [0.4, 0.5) is 0 Å². The normalized spacial score (nSPS) is 30.6. The zero-order valence-electron chi connectivity index (χ0n) is 11.9. The largest absolute Gasteiger partial charge is 0.496 e. The molecule has 3 rings (SSSR count). The first kappa shape index (κ1) is 12.9. The molecule has 3 unspecified atom stereocenters. The van der Waals surface area contributed by atoms with Crippen LogP contribution in [0.2, 0.25) is 0 Å². The highest BCUT2D eigenvalue weighted by Gasteiger charge is 2.54. The molecule has 2 saturated carbocycles. The van der Waals surface area contributed by atoms with Crippen molar-refractivity contribution in [2.45, 2.75) is 38.6 Å². The van der Waals surface area contributed by atoms with Crippen LogP contribution >= 0.6 is 0 Å². The Morgan fingerprint density at radius 1 is 1.26 bits per heavy atom. The van der Waals surface area contributed by atoms with Crippen molar-refractivity contribution in [2.24, 2.45) is 23.6 Å². The molecule has 2 fully saturated rings. The van der Waals surface area contributed by atoms with Crippen molar-refractivity contribution >= 4 is 0 Å². The molecule has 0 aromatic heterocycles. The Morgan fingerprint density at radius 3 is 2.53 bits per heavy atom. The third kappa shape index (κ3) is 2.26. The molecule has 0 aliphatic heterocycles. The number of benzene rings is 1. The van der Waals surface area contributed by atoms with E-state index in [4.69, 9.17) is 10.6 Å². The van der Waals surface area contributed by atoms with Gasteiger partial charge in [-0.25, -0.2) is 0 Å². The SMILES string of the molecule is COc1ccc(C)cc1C(NN)C1C2CCCCC21. The number of aryl methyl sites for hydroxylation is 1. The molecule has 0 heterocycles. The first-order valence-corrected chi connectivity index (χ1v) is 7.37. The van der Waals surface area contributed by atoms with Crippen LogP contribution in [0.1, 0.15) is 42.9 Å². The number of fused-ring (bicyclic) bond motifs is 1. The number of rotatable bonds is 4. The molecule has 0 amide bonds. The summed E-state index contributed by atoms with van der Waals surface area (Å²) in [5.74, 6) is 9.27. The highest BCUT2D eigenvalue weighted by Crippen LogP contribution is 2.60. The molecule has 3 atom stereocenters. The molecule has 3 heteroatoms. The second-order valence-electron chi connectivity index (χ2n) is 6.08. The van der Waals surface area contributed by atoms with Gasteiger partial charge in [-0.05, 0) is 43.6 Å². The number of nitrogens with one attached hydrogen (secondary N) is 1. The van der Waals surface area contributed by atoms with E-state index in [9.17, 15) is 0 Å². The van der Waals surface area contributed by atoms with Crippen LogP contribution in [0.15, 0.2) is 18.2 Å². The molecule has 0 radical (unpaired) electrons. The summed E-state index contributed by atoms with van der Waals surface area (Å²) < 4.78 is 5.52. The number of hydrogen-bond donors (Lipinski definition) is 2. The first-order valence-electron chi connectivity index (χ1n) is 7.37. The van der Waals surface area contributed by atoms with Crippen LogP contribution in [0.25, 0.3) is 0 Å². The summed E-state index contributed by atoms with van der Waals surface area (Å²) in [4.78, 5) is 0. The minimum absolute atomic E-state index is 0.239. The van der Waals surface area contributed by atoms with Gasteiger partial charge in [-0.1, -0.05) is 30.5 Å². The van der Waals surface area contributed by atoms with Crippen LogP contribution in [0.3, 0.4) is 0 Å². The summed E-state index contributed by atoms with van der Waals surface area (Å²) in [6, 6.07) is 6.60. The summed E-state index contributed by atoms with van der Waals surface area (Å²) in [5.41, 5.74) is 5.55. The van der Waals surface area contributed by atoms with Crippen molar-refractivity contribution in [3.05, 3.63) is 29.3 Å². The zero-order valence-corrected chi connectivity index (χ0v) is 11.9. The predicted molar refractivity (Wildman–Crippen MR) is 76.7 cm³/mol. The topological polar surface area (TPSA) is 47.3 Å². The molecule has 2 aliphatic carbocycles. The molecule has 104 valence electrons. The van der Waals surface area contributed by atoms with Gasteiger partial charge in [0.15, 0.2) is 0 Å². The van der Waals surface area contributed by atoms with Crippen molar-refractivity contribution in [1.29, 1.82) is 0 Å². The average molecular weight is 260 g/mol. The molecule has 0 spiro atoms. The summed E-state index contributed by atoms with van der Waals surface area (Å²) in [7, 11) is 1.74. The number of hydrazine groups is 1. The van der Waals surface area contributed by atoms with Gasteiger partial charge in [0, 0.05) is 5.56 Å². The molecule has 2 aliphatic rings. The second kappa shape index (κ2) is 5.14. The van der Waals surface area contributed by atoms with Crippen LogP contribution in [0, 0.1) is 24.7 Å². The van der Waals surface area contributed by atoms with Crippen molar-refractivity contribution in [3.63, 3.8) is 0 Å². The van der Waals surface area contributed by atoms with Gasteiger partial charge in [-0.2, -0.15) is 0 Å². The number of ether oxygens (including phenoxy) is 1. The fraction of sp³-hybridized carbons (Fsp3) is 0.625. The van der Waals surface area contributed by atoms with Gasteiger partial charge in [0.2, 0.25) is 0 Å². The van der Waals surface area contributed by atoms with E-state index in [1.807, 2.05) is 0 Å². The van der Waals surface area contributed by atoms with E-state index in [1.165, 1.54) is 36.8 Å². The highest BCUT2D eigenvalue weighted by molar-refractivity contribution is 5.40. The standard InChI is InChI=1S/C16H24N2O/c1-10-7-8-14(19-2)13(9-10)16(18-17)15-11-5-3-4-6-12(11)15/h7-9,11-12,15-16,18H,3-6,17H2,1-2H3. The molecule has 3 N–H and O–H groups in total. The van der Waals surface area contributed by atoms with E-state index in [0.717, 1.165) is 17.6 Å². The fourth-order valence-electron chi connectivity index (χ4n) is 4.05. The molecule has 1 aromatic carbocycles. The number of hydrogen-bond acceptors (Lipinski definition) is 3. The van der Waals surface area contributed by atoms with Gasteiger partial charge in [0.1, 0.15) is 5.75 Å². The first-order chi connectivity index (χ1) is 9.26. The molecular formula is C16H24N2O. The van der Waals surface area contributed by atoms with Crippen molar-refractivity contribution < 1.29 is 4.74 Å². The second-order valence-corrected chi connectivity index (χ2v) is 6.08. The Morgan fingerprint density at radius 2 is 1.95 bits per heavy atom. The van der Waals surface area contributed by atoms with Crippen molar-refractivity contribution in [1.82, 2.24) is 5.43 Å². The lowest BCUT2D eigenvalue weighted by atomic mass is 9.97. The van der Waals surface area contributed by atoms with E-state index in [0.29, 0.717) is 5.92 Å². The fourth-order valence-corrected chi connectivity index (χ4v) is 4.05. The van der Waals surface area contributed by atoms with E-state index in [2.05, 4.69) is 30.5 Å². The third-order valence-corrected chi connectivity index (χ3v) is 5.01. The zero-order chi connectivity index (χ0) is 13.4. The van der Waals surface area contributed by atoms with Gasteiger partial charge in [-0.15, -0.1) is 0 Å². The molecule has 0 bridgehead atoms.